The Kier molecular flexibility index (Phi) is 6.42. The Morgan fingerprint density at radius 1 is 1.03 bits per heavy atom. The summed E-state index contributed by atoms with van der Waals surface area (Å²) in [5.74, 6) is -1.13. The Labute approximate surface area is 183 Å². The second-order valence-corrected chi connectivity index (χ2v) is 8.19. The predicted molar refractivity (Wildman–Crippen MR) is 117 cm³/mol. The molecular weight excluding hydrogens is 414 g/mol. The van der Waals surface area contributed by atoms with Gasteiger partial charge in [-0.05, 0) is 59.7 Å². The Balaban J connectivity index is 1.36. The monoisotopic (exact) mass is 435 g/mol. The van der Waals surface area contributed by atoms with E-state index in [1.165, 1.54) is 0 Å². The molecule has 0 bridgehead atoms. The van der Waals surface area contributed by atoms with Crippen LogP contribution < -0.4 is 5.32 Å². The van der Waals surface area contributed by atoms with Crippen LogP contribution >= 0.6 is 11.8 Å². The first-order valence-corrected chi connectivity index (χ1v) is 10.8. The number of aliphatic carboxylic acids is 1. The highest BCUT2D eigenvalue weighted by Gasteiger charge is 2.33. The van der Waals surface area contributed by atoms with Crippen molar-refractivity contribution in [3.05, 3.63) is 72.6 Å². The van der Waals surface area contributed by atoms with Crippen LogP contribution in [0.2, 0.25) is 0 Å². The summed E-state index contributed by atoms with van der Waals surface area (Å²) >= 11 is 1.58. The van der Waals surface area contributed by atoms with Crippen molar-refractivity contribution >= 4 is 29.3 Å². The van der Waals surface area contributed by atoms with Gasteiger partial charge in [-0.15, -0.1) is 16.9 Å². The number of carboxylic acid groups (broad SMARTS) is 1. The highest BCUT2D eigenvalue weighted by atomic mass is 32.2. The molecule has 9 heteroatoms. The minimum Gasteiger partial charge on any atom is -0.481 e. The number of rotatable bonds is 7. The van der Waals surface area contributed by atoms with Gasteiger partial charge in [-0.2, -0.15) is 4.68 Å². The summed E-state index contributed by atoms with van der Waals surface area (Å²) in [7, 11) is 0. The molecule has 1 amide bonds. The molecule has 2 unspecified atom stereocenters. The molecule has 0 saturated carbocycles. The first-order valence-electron chi connectivity index (χ1n) is 9.86. The lowest BCUT2D eigenvalue weighted by Gasteiger charge is -2.24. The van der Waals surface area contributed by atoms with E-state index < -0.39 is 17.8 Å². The molecule has 158 valence electrons. The van der Waals surface area contributed by atoms with E-state index in [4.69, 9.17) is 0 Å². The molecule has 4 rings (SSSR count). The summed E-state index contributed by atoms with van der Waals surface area (Å²) in [6.07, 6.45) is 4.51. The Bertz CT molecular complexity index is 1080. The Morgan fingerprint density at radius 2 is 1.74 bits per heavy atom. The second-order valence-electron chi connectivity index (χ2n) is 7.14. The van der Waals surface area contributed by atoms with E-state index in [-0.39, 0.29) is 5.91 Å². The van der Waals surface area contributed by atoms with Gasteiger partial charge in [-0.1, -0.05) is 30.4 Å². The van der Waals surface area contributed by atoms with Crippen LogP contribution in [0.25, 0.3) is 5.69 Å². The second kappa shape index (κ2) is 9.57. The number of hydrogen-bond donors (Lipinski definition) is 2. The van der Waals surface area contributed by atoms with Crippen LogP contribution in [-0.4, -0.2) is 37.2 Å². The van der Waals surface area contributed by atoms with Crippen LogP contribution in [0.3, 0.4) is 0 Å². The van der Waals surface area contributed by atoms with Crippen molar-refractivity contribution in [2.45, 2.75) is 23.5 Å². The third-order valence-corrected chi connectivity index (χ3v) is 6.12. The Morgan fingerprint density at radius 3 is 2.45 bits per heavy atom. The molecule has 0 aliphatic heterocycles. The van der Waals surface area contributed by atoms with Crippen molar-refractivity contribution in [3.8, 4) is 5.69 Å². The number of benzene rings is 2. The maximum absolute atomic E-state index is 12.6. The highest BCUT2D eigenvalue weighted by molar-refractivity contribution is 7.98. The molecule has 2 N–H and O–H groups in total. The zero-order valence-electron chi connectivity index (χ0n) is 16.6. The van der Waals surface area contributed by atoms with Gasteiger partial charge in [0.15, 0.2) is 5.82 Å². The van der Waals surface area contributed by atoms with Crippen molar-refractivity contribution in [3.63, 3.8) is 0 Å². The molecule has 1 aliphatic rings. The molecule has 0 saturated heterocycles. The molecule has 2 atom stereocenters. The number of thioether (sulfide) groups is 1. The number of tetrazole rings is 1. The zero-order valence-corrected chi connectivity index (χ0v) is 17.4. The van der Waals surface area contributed by atoms with Crippen LogP contribution in [0.15, 0.2) is 71.6 Å². The van der Waals surface area contributed by atoms with Crippen molar-refractivity contribution in [1.29, 1.82) is 0 Å². The van der Waals surface area contributed by atoms with E-state index >= 15 is 0 Å². The summed E-state index contributed by atoms with van der Waals surface area (Å²) in [5.41, 5.74) is 1.54. The number of allylic oxidation sites excluding steroid dienone is 2. The SMILES string of the molecule is O=C(O)C1CC=CCC1C(=O)Nc1ccc(SCc2nnnn2-c2ccccc2)cc1. The van der Waals surface area contributed by atoms with Gasteiger partial charge in [0.2, 0.25) is 5.91 Å². The van der Waals surface area contributed by atoms with E-state index in [1.54, 1.807) is 16.4 Å². The van der Waals surface area contributed by atoms with Crippen LogP contribution in [0.1, 0.15) is 18.7 Å². The van der Waals surface area contributed by atoms with Gasteiger partial charge in [0.25, 0.3) is 0 Å². The fraction of sp³-hybridized carbons (Fsp3) is 0.227. The number of carboxylic acids is 1. The van der Waals surface area contributed by atoms with Gasteiger partial charge in [-0.25, -0.2) is 0 Å². The first-order chi connectivity index (χ1) is 15.1. The molecule has 2 aromatic carbocycles. The normalized spacial score (nSPS) is 17.9. The van der Waals surface area contributed by atoms with E-state index in [1.807, 2.05) is 66.7 Å². The predicted octanol–water partition coefficient (Wildman–Crippen LogP) is 3.56. The smallest absolute Gasteiger partial charge is 0.307 e. The van der Waals surface area contributed by atoms with Crippen LogP contribution in [-0.2, 0) is 15.3 Å². The number of carbonyl (C=O) groups is 2. The number of amides is 1. The third kappa shape index (κ3) is 5.00. The van der Waals surface area contributed by atoms with E-state index in [0.717, 1.165) is 16.4 Å². The lowest BCUT2D eigenvalue weighted by molar-refractivity contribution is -0.146. The number of aromatic nitrogens is 4. The molecule has 8 nitrogen and oxygen atoms in total. The van der Waals surface area contributed by atoms with E-state index in [9.17, 15) is 14.7 Å². The van der Waals surface area contributed by atoms with Crippen molar-refractivity contribution in [1.82, 2.24) is 20.2 Å². The van der Waals surface area contributed by atoms with E-state index in [0.29, 0.717) is 24.3 Å². The van der Waals surface area contributed by atoms with Gasteiger partial charge in [0, 0.05) is 10.6 Å². The average molecular weight is 436 g/mol. The van der Waals surface area contributed by atoms with Gasteiger partial charge < -0.3 is 10.4 Å². The van der Waals surface area contributed by atoms with Crippen LogP contribution in [0, 0.1) is 11.8 Å². The number of para-hydroxylation sites is 1. The molecule has 0 radical (unpaired) electrons. The van der Waals surface area contributed by atoms with Gasteiger partial charge in [0.05, 0.1) is 23.3 Å². The lowest BCUT2D eigenvalue weighted by atomic mass is 9.82. The average Bonchev–Trinajstić information content (AvgIpc) is 3.28. The summed E-state index contributed by atoms with van der Waals surface area (Å²) in [6, 6.07) is 17.1. The fourth-order valence-corrected chi connectivity index (χ4v) is 4.26. The molecule has 0 spiro atoms. The number of carbonyl (C=O) groups excluding carboxylic acids is 1. The zero-order chi connectivity index (χ0) is 21.6. The Hall–Kier alpha value is -3.46. The number of nitrogens with one attached hydrogen (secondary N) is 1. The van der Waals surface area contributed by atoms with Crippen molar-refractivity contribution in [2.24, 2.45) is 11.8 Å². The topological polar surface area (TPSA) is 110 Å². The first kappa shape index (κ1) is 20.8. The number of hydrogen-bond acceptors (Lipinski definition) is 6. The van der Waals surface area contributed by atoms with Crippen LogP contribution in [0.5, 0.6) is 0 Å². The summed E-state index contributed by atoms with van der Waals surface area (Å²) in [6.45, 7) is 0. The van der Waals surface area contributed by atoms with Gasteiger partial charge in [-0.3, -0.25) is 9.59 Å². The summed E-state index contributed by atoms with van der Waals surface area (Å²) < 4.78 is 1.71. The molecular formula is C22H21N5O3S. The minimum atomic E-state index is -0.936. The number of nitrogens with zero attached hydrogens (tertiary/aromatic N) is 4. The molecule has 3 aromatic rings. The molecule has 31 heavy (non-hydrogen) atoms. The third-order valence-electron chi connectivity index (χ3n) is 5.11. The van der Waals surface area contributed by atoms with Gasteiger partial charge in [0.1, 0.15) is 0 Å². The maximum atomic E-state index is 12.6. The standard InChI is InChI=1S/C22H21N5O3S/c28-21(18-8-4-5-9-19(18)22(29)30)23-15-10-12-17(13-11-15)31-14-20-24-25-26-27(20)16-6-2-1-3-7-16/h1-7,10-13,18-19H,8-9,14H2,(H,23,28)(H,29,30). The van der Waals surface area contributed by atoms with Crippen molar-refractivity contribution < 1.29 is 14.7 Å². The molecule has 1 heterocycles. The lowest BCUT2D eigenvalue weighted by Crippen LogP contribution is -2.34. The maximum Gasteiger partial charge on any atom is 0.307 e. The van der Waals surface area contributed by atoms with Gasteiger partial charge >= 0.3 is 5.97 Å². The molecule has 1 aromatic heterocycles. The largest absolute Gasteiger partial charge is 0.481 e. The summed E-state index contributed by atoms with van der Waals surface area (Å²) in [4.78, 5) is 25.0. The quantitative estimate of drug-likeness (QED) is 0.431. The summed E-state index contributed by atoms with van der Waals surface area (Å²) in [5, 5.41) is 24.1. The molecule has 1 aliphatic carbocycles. The minimum absolute atomic E-state index is 0.265. The van der Waals surface area contributed by atoms with Crippen LogP contribution in [0.4, 0.5) is 5.69 Å². The highest BCUT2D eigenvalue weighted by Crippen LogP contribution is 2.28. The number of anilines is 1. The molecule has 0 fully saturated rings. The van der Waals surface area contributed by atoms with E-state index in [2.05, 4.69) is 20.8 Å². The fourth-order valence-electron chi connectivity index (χ4n) is 3.46. The van der Waals surface area contributed by atoms with Crippen molar-refractivity contribution in [2.75, 3.05) is 5.32 Å².